The molecule has 0 saturated heterocycles. The highest BCUT2D eigenvalue weighted by Gasteiger charge is 2.17. The number of hydrogen-bond donors (Lipinski definition) is 0. The number of benzene rings is 4. The summed E-state index contributed by atoms with van der Waals surface area (Å²) in [6.07, 6.45) is 0. The molecular weight excluding hydrogens is 432 g/mol. The lowest BCUT2D eigenvalue weighted by molar-refractivity contribution is 0.0526. The summed E-state index contributed by atoms with van der Waals surface area (Å²) < 4.78 is 11.4. The molecule has 0 aromatic heterocycles. The van der Waals surface area contributed by atoms with Gasteiger partial charge in [-0.3, -0.25) is 0 Å². The smallest absolute Gasteiger partial charge is 0.338 e. The van der Waals surface area contributed by atoms with E-state index in [4.69, 9.17) is 21.1 Å². The standard InChI is InChI=1S/C29H25ClO3/c1-3-32-29(31)23-13-8-12-22(17-23)28-20(2)9-7-14-25(28)26-18-24(30)15-16-27(26)33-19-21-10-5-4-6-11-21/h4-18H,3,19H2,1-2H3. The van der Waals surface area contributed by atoms with Crippen molar-refractivity contribution >= 4 is 17.6 Å². The molecule has 0 aliphatic rings. The van der Waals surface area contributed by atoms with Crippen molar-refractivity contribution in [2.24, 2.45) is 0 Å². The van der Waals surface area contributed by atoms with Crippen LogP contribution in [0.5, 0.6) is 5.75 Å². The first kappa shape index (κ1) is 22.6. The first-order valence-electron chi connectivity index (χ1n) is 10.9. The second-order valence-corrected chi connectivity index (χ2v) is 8.15. The van der Waals surface area contributed by atoms with Crippen molar-refractivity contribution in [1.82, 2.24) is 0 Å². The van der Waals surface area contributed by atoms with Crippen LogP contribution in [0.25, 0.3) is 22.3 Å². The Morgan fingerprint density at radius 3 is 2.42 bits per heavy atom. The minimum atomic E-state index is -0.330. The van der Waals surface area contributed by atoms with Crippen LogP contribution >= 0.6 is 11.6 Å². The molecule has 0 spiro atoms. The van der Waals surface area contributed by atoms with Crippen LogP contribution in [-0.2, 0) is 11.3 Å². The van der Waals surface area contributed by atoms with Gasteiger partial charge in [0.2, 0.25) is 0 Å². The van der Waals surface area contributed by atoms with E-state index in [2.05, 4.69) is 19.1 Å². The van der Waals surface area contributed by atoms with Gasteiger partial charge in [-0.15, -0.1) is 0 Å². The Balaban J connectivity index is 1.79. The Morgan fingerprint density at radius 1 is 0.848 bits per heavy atom. The van der Waals surface area contributed by atoms with Crippen LogP contribution in [0.2, 0.25) is 5.02 Å². The molecule has 0 fully saturated rings. The van der Waals surface area contributed by atoms with E-state index in [0.29, 0.717) is 23.8 Å². The fraction of sp³-hybridized carbons (Fsp3) is 0.138. The summed E-state index contributed by atoms with van der Waals surface area (Å²) in [4.78, 5) is 12.3. The molecule has 0 heterocycles. The second kappa shape index (κ2) is 10.4. The third-order valence-electron chi connectivity index (χ3n) is 5.40. The monoisotopic (exact) mass is 456 g/mol. The minimum absolute atomic E-state index is 0.330. The van der Waals surface area contributed by atoms with E-state index in [1.165, 1.54) is 0 Å². The molecule has 0 unspecified atom stereocenters. The van der Waals surface area contributed by atoms with Crippen molar-refractivity contribution in [3.05, 3.63) is 113 Å². The van der Waals surface area contributed by atoms with Crippen LogP contribution < -0.4 is 4.74 Å². The van der Waals surface area contributed by atoms with Gasteiger partial charge in [-0.2, -0.15) is 0 Å². The van der Waals surface area contributed by atoms with E-state index in [0.717, 1.165) is 39.1 Å². The SMILES string of the molecule is CCOC(=O)c1cccc(-c2c(C)cccc2-c2cc(Cl)ccc2OCc2ccccc2)c1. The molecule has 0 radical (unpaired) electrons. The van der Waals surface area contributed by atoms with Crippen LogP contribution in [-0.4, -0.2) is 12.6 Å². The lowest BCUT2D eigenvalue weighted by Crippen LogP contribution is -2.04. The zero-order valence-electron chi connectivity index (χ0n) is 18.7. The predicted octanol–water partition coefficient (Wildman–Crippen LogP) is 7.74. The topological polar surface area (TPSA) is 35.5 Å². The molecule has 0 saturated carbocycles. The molecule has 166 valence electrons. The number of carbonyl (C=O) groups excluding carboxylic acids is 1. The van der Waals surface area contributed by atoms with Gasteiger partial charge in [-0.05, 0) is 72.0 Å². The van der Waals surface area contributed by atoms with Gasteiger partial charge in [0.05, 0.1) is 12.2 Å². The Kier molecular flexibility index (Phi) is 7.11. The minimum Gasteiger partial charge on any atom is -0.488 e. The van der Waals surface area contributed by atoms with Gasteiger partial charge in [0.15, 0.2) is 0 Å². The molecule has 0 aliphatic carbocycles. The van der Waals surface area contributed by atoms with E-state index in [1.54, 1.807) is 13.0 Å². The molecule has 4 heteroatoms. The van der Waals surface area contributed by atoms with Crippen molar-refractivity contribution in [3.63, 3.8) is 0 Å². The molecular formula is C29H25ClO3. The molecule has 4 aromatic carbocycles. The highest BCUT2D eigenvalue weighted by Crippen LogP contribution is 2.40. The number of halogens is 1. The Morgan fingerprint density at radius 2 is 1.64 bits per heavy atom. The number of rotatable bonds is 7. The molecule has 0 amide bonds. The number of esters is 1. The number of hydrogen-bond acceptors (Lipinski definition) is 3. The summed E-state index contributed by atoms with van der Waals surface area (Å²) in [6.45, 7) is 4.65. The fourth-order valence-electron chi connectivity index (χ4n) is 3.87. The van der Waals surface area contributed by atoms with Crippen molar-refractivity contribution < 1.29 is 14.3 Å². The summed E-state index contributed by atoms with van der Waals surface area (Å²) >= 11 is 6.41. The maximum atomic E-state index is 12.3. The lowest BCUT2D eigenvalue weighted by atomic mass is 9.90. The van der Waals surface area contributed by atoms with Gasteiger partial charge in [0.25, 0.3) is 0 Å². The Bertz CT molecular complexity index is 1270. The summed E-state index contributed by atoms with van der Waals surface area (Å²) in [6, 6.07) is 29.4. The molecule has 33 heavy (non-hydrogen) atoms. The number of carbonyl (C=O) groups is 1. The first-order chi connectivity index (χ1) is 16.1. The normalized spacial score (nSPS) is 10.6. The van der Waals surface area contributed by atoms with Gasteiger partial charge >= 0.3 is 5.97 Å². The zero-order valence-corrected chi connectivity index (χ0v) is 19.4. The Hall–Kier alpha value is -3.56. The van der Waals surface area contributed by atoms with Crippen LogP contribution in [0, 0.1) is 6.92 Å². The van der Waals surface area contributed by atoms with Crippen molar-refractivity contribution in [3.8, 4) is 28.0 Å². The van der Waals surface area contributed by atoms with E-state index in [-0.39, 0.29) is 5.97 Å². The molecule has 4 rings (SSSR count). The highest BCUT2D eigenvalue weighted by atomic mass is 35.5. The summed E-state index contributed by atoms with van der Waals surface area (Å²) in [5.41, 5.74) is 6.54. The van der Waals surface area contributed by atoms with Gasteiger partial charge in [-0.1, -0.05) is 72.3 Å². The van der Waals surface area contributed by atoms with E-state index in [9.17, 15) is 4.79 Å². The third kappa shape index (κ3) is 5.27. The summed E-state index contributed by atoms with van der Waals surface area (Å²) in [5, 5.41) is 0.629. The number of aryl methyl sites for hydroxylation is 1. The van der Waals surface area contributed by atoms with E-state index >= 15 is 0 Å². The average Bonchev–Trinajstić information content (AvgIpc) is 2.84. The predicted molar refractivity (Wildman–Crippen MR) is 134 cm³/mol. The fourth-order valence-corrected chi connectivity index (χ4v) is 4.04. The maximum Gasteiger partial charge on any atom is 0.338 e. The molecule has 0 N–H and O–H groups in total. The van der Waals surface area contributed by atoms with E-state index < -0.39 is 0 Å². The second-order valence-electron chi connectivity index (χ2n) is 7.71. The van der Waals surface area contributed by atoms with Gasteiger partial charge in [0.1, 0.15) is 12.4 Å². The van der Waals surface area contributed by atoms with Crippen LogP contribution in [0.15, 0.2) is 91.0 Å². The molecule has 3 nitrogen and oxygen atoms in total. The quantitative estimate of drug-likeness (QED) is 0.267. The molecule has 0 aliphatic heterocycles. The van der Waals surface area contributed by atoms with Gasteiger partial charge in [-0.25, -0.2) is 4.79 Å². The van der Waals surface area contributed by atoms with Crippen molar-refractivity contribution in [2.75, 3.05) is 6.61 Å². The highest BCUT2D eigenvalue weighted by molar-refractivity contribution is 6.31. The molecule has 0 bridgehead atoms. The van der Waals surface area contributed by atoms with Crippen molar-refractivity contribution in [2.45, 2.75) is 20.5 Å². The first-order valence-corrected chi connectivity index (χ1v) is 11.3. The molecule has 0 atom stereocenters. The van der Waals surface area contributed by atoms with Gasteiger partial charge < -0.3 is 9.47 Å². The third-order valence-corrected chi connectivity index (χ3v) is 5.64. The van der Waals surface area contributed by atoms with E-state index in [1.807, 2.05) is 72.8 Å². The average molecular weight is 457 g/mol. The van der Waals surface area contributed by atoms with Gasteiger partial charge in [0, 0.05) is 10.6 Å². The summed E-state index contributed by atoms with van der Waals surface area (Å²) in [5.74, 6) is 0.417. The number of ether oxygens (including phenoxy) is 2. The lowest BCUT2D eigenvalue weighted by Gasteiger charge is -2.18. The molecule has 4 aromatic rings. The largest absolute Gasteiger partial charge is 0.488 e. The summed E-state index contributed by atoms with van der Waals surface area (Å²) in [7, 11) is 0. The Labute approximate surface area is 199 Å². The zero-order chi connectivity index (χ0) is 23.2. The van der Waals surface area contributed by atoms with Crippen molar-refractivity contribution in [1.29, 1.82) is 0 Å². The maximum absolute atomic E-state index is 12.3. The van der Waals surface area contributed by atoms with Crippen LogP contribution in [0.1, 0.15) is 28.4 Å². The van der Waals surface area contributed by atoms with Crippen LogP contribution in [0.3, 0.4) is 0 Å². The van der Waals surface area contributed by atoms with Crippen LogP contribution in [0.4, 0.5) is 0 Å².